The highest BCUT2D eigenvalue weighted by Gasteiger charge is 2.16. The summed E-state index contributed by atoms with van der Waals surface area (Å²) in [7, 11) is 3.62. The molecule has 1 N–H and O–H groups in total. The zero-order valence-electron chi connectivity index (χ0n) is 11.7. The number of aryl methyl sites for hydroxylation is 1. The average molecular weight is 309 g/mol. The average Bonchev–Trinajstić information content (AvgIpc) is 2.83. The molecule has 0 radical (unpaired) electrons. The van der Waals surface area contributed by atoms with E-state index < -0.39 is 0 Å². The number of anilines is 1. The maximum Gasteiger partial charge on any atom is 0.256 e. The highest BCUT2D eigenvalue weighted by Crippen LogP contribution is 2.24. The van der Waals surface area contributed by atoms with Crippen molar-refractivity contribution < 1.29 is 4.79 Å². The number of halogens is 1. The van der Waals surface area contributed by atoms with Crippen molar-refractivity contribution in [2.45, 2.75) is 13.5 Å². The number of amides is 1. The number of hydrogen-bond acceptors (Lipinski definition) is 3. The van der Waals surface area contributed by atoms with Gasteiger partial charge in [0.25, 0.3) is 5.91 Å². The molecule has 5 heteroatoms. The second-order valence-electron chi connectivity index (χ2n) is 4.67. The first-order valence-electron chi connectivity index (χ1n) is 6.29. The fraction of sp³-hybridized carbons (Fsp3) is 0.267. The van der Waals surface area contributed by atoms with Crippen molar-refractivity contribution in [3.8, 4) is 0 Å². The van der Waals surface area contributed by atoms with Gasteiger partial charge in [-0.05, 0) is 31.2 Å². The van der Waals surface area contributed by atoms with Crippen LogP contribution in [0.25, 0.3) is 0 Å². The maximum absolute atomic E-state index is 12.5. The molecular formula is C15H17ClN2OS. The summed E-state index contributed by atoms with van der Waals surface area (Å²) in [6, 6.07) is 9.63. The summed E-state index contributed by atoms with van der Waals surface area (Å²) in [4.78, 5) is 15.3. The Morgan fingerprint density at radius 3 is 2.70 bits per heavy atom. The standard InChI is InChI=1S/C15H17ClN2OS/c1-10-4-6-13(17-2)12(8-10)15(19)18(3)9-11-5-7-14(16)20-11/h4-8,17H,9H2,1-3H3. The van der Waals surface area contributed by atoms with E-state index in [-0.39, 0.29) is 5.91 Å². The van der Waals surface area contributed by atoms with Gasteiger partial charge in [0.2, 0.25) is 0 Å². The van der Waals surface area contributed by atoms with E-state index in [1.165, 1.54) is 11.3 Å². The Morgan fingerprint density at radius 1 is 1.35 bits per heavy atom. The molecule has 0 aliphatic heterocycles. The first kappa shape index (κ1) is 14.9. The van der Waals surface area contributed by atoms with Crippen LogP contribution in [0.2, 0.25) is 4.34 Å². The lowest BCUT2D eigenvalue weighted by molar-refractivity contribution is 0.0787. The van der Waals surface area contributed by atoms with E-state index in [2.05, 4.69) is 5.32 Å². The summed E-state index contributed by atoms with van der Waals surface area (Å²) >= 11 is 7.41. The normalized spacial score (nSPS) is 10.4. The van der Waals surface area contributed by atoms with Crippen LogP contribution in [-0.2, 0) is 6.54 Å². The quantitative estimate of drug-likeness (QED) is 0.925. The summed E-state index contributed by atoms with van der Waals surface area (Å²) < 4.78 is 0.743. The smallest absolute Gasteiger partial charge is 0.256 e. The van der Waals surface area contributed by atoms with Crippen LogP contribution in [0.5, 0.6) is 0 Å². The molecule has 20 heavy (non-hydrogen) atoms. The number of nitrogens with zero attached hydrogens (tertiary/aromatic N) is 1. The van der Waals surface area contributed by atoms with Gasteiger partial charge in [-0.3, -0.25) is 4.79 Å². The third-order valence-corrected chi connectivity index (χ3v) is 4.26. The predicted molar refractivity (Wildman–Crippen MR) is 85.9 cm³/mol. The van der Waals surface area contributed by atoms with Gasteiger partial charge >= 0.3 is 0 Å². The van der Waals surface area contributed by atoms with Crippen molar-refractivity contribution >= 4 is 34.5 Å². The number of carbonyl (C=O) groups excluding carboxylic acids is 1. The predicted octanol–water partition coefficient (Wildman–Crippen LogP) is 4.02. The Labute approximate surface area is 128 Å². The monoisotopic (exact) mass is 308 g/mol. The molecule has 2 rings (SSSR count). The largest absolute Gasteiger partial charge is 0.387 e. The molecule has 1 aromatic heterocycles. The lowest BCUT2D eigenvalue weighted by atomic mass is 10.1. The number of thiophene rings is 1. The Hall–Kier alpha value is -1.52. The van der Waals surface area contributed by atoms with Crippen molar-refractivity contribution in [3.63, 3.8) is 0 Å². The minimum atomic E-state index is 0.00238. The fourth-order valence-electron chi connectivity index (χ4n) is 2.00. The van der Waals surface area contributed by atoms with Gasteiger partial charge in [0, 0.05) is 24.7 Å². The molecule has 0 bridgehead atoms. The van der Waals surface area contributed by atoms with Crippen molar-refractivity contribution in [1.29, 1.82) is 0 Å². The van der Waals surface area contributed by atoms with E-state index in [1.54, 1.807) is 11.9 Å². The molecule has 0 saturated carbocycles. The minimum Gasteiger partial charge on any atom is -0.387 e. The molecule has 1 amide bonds. The van der Waals surface area contributed by atoms with Crippen molar-refractivity contribution in [2.75, 3.05) is 19.4 Å². The van der Waals surface area contributed by atoms with Crippen LogP contribution in [0.4, 0.5) is 5.69 Å². The Morgan fingerprint density at radius 2 is 2.10 bits per heavy atom. The number of benzene rings is 1. The van der Waals surface area contributed by atoms with E-state index in [0.717, 1.165) is 20.5 Å². The molecule has 2 aromatic rings. The van der Waals surface area contributed by atoms with Gasteiger partial charge in [0.1, 0.15) is 0 Å². The van der Waals surface area contributed by atoms with Crippen LogP contribution in [0.1, 0.15) is 20.8 Å². The first-order chi connectivity index (χ1) is 9.51. The molecule has 0 saturated heterocycles. The van der Waals surface area contributed by atoms with Gasteiger partial charge < -0.3 is 10.2 Å². The molecule has 0 fully saturated rings. The Kier molecular flexibility index (Phi) is 4.68. The van der Waals surface area contributed by atoms with Crippen LogP contribution >= 0.6 is 22.9 Å². The Bertz CT molecular complexity index is 624. The van der Waals surface area contributed by atoms with Gasteiger partial charge in [-0.15, -0.1) is 11.3 Å². The van der Waals surface area contributed by atoms with E-state index in [9.17, 15) is 4.79 Å². The van der Waals surface area contributed by atoms with E-state index in [1.807, 2.05) is 44.3 Å². The lowest BCUT2D eigenvalue weighted by Gasteiger charge is -2.18. The molecule has 3 nitrogen and oxygen atoms in total. The van der Waals surface area contributed by atoms with Crippen molar-refractivity contribution in [2.24, 2.45) is 0 Å². The SMILES string of the molecule is CNc1ccc(C)cc1C(=O)N(C)Cc1ccc(Cl)s1. The molecule has 0 aliphatic rings. The summed E-state index contributed by atoms with van der Waals surface area (Å²) in [5.41, 5.74) is 2.61. The van der Waals surface area contributed by atoms with Gasteiger partial charge in [-0.2, -0.15) is 0 Å². The third-order valence-electron chi connectivity index (χ3n) is 3.04. The topological polar surface area (TPSA) is 32.3 Å². The molecule has 1 aromatic carbocycles. The van der Waals surface area contributed by atoms with Crippen molar-refractivity contribution in [1.82, 2.24) is 4.90 Å². The second kappa shape index (κ2) is 6.29. The molecular weight excluding hydrogens is 292 g/mol. The zero-order valence-corrected chi connectivity index (χ0v) is 13.3. The van der Waals surface area contributed by atoms with Crippen molar-refractivity contribution in [3.05, 3.63) is 50.7 Å². The van der Waals surface area contributed by atoms with E-state index in [4.69, 9.17) is 11.6 Å². The minimum absolute atomic E-state index is 0.00238. The maximum atomic E-state index is 12.5. The van der Waals surface area contributed by atoms with Crippen LogP contribution in [0, 0.1) is 6.92 Å². The van der Waals surface area contributed by atoms with Gasteiger partial charge in [-0.1, -0.05) is 23.2 Å². The molecule has 0 atom stereocenters. The molecule has 1 heterocycles. The number of hydrogen-bond donors (Lipinski definition) is 1. The molecule has 0 spiro atoms. The van der Waals surface area contributed by atoms with E-state index in [0.29, 0.717) is 12.1 Å². The molecule has 106 valence electrons. The third kappa shape index (κ3) is 3.32. The summed E-state index contributed by atoms with van der Waals surface area (Å²) in [6.07, 6.45) is 0. The van der Waals surface area contributed by atoms with Crippen LogP contribution in [-0.4, -0.2) is 24.9 Å². The molecule has 0 unspecified atom stereocenters. The summed E-state index contributed by atoms with van der Waals surface area (Å²) in [5.74, 6) is 0.00238. The highest BCUT2D eigenvalue weighted by atomic mass is 35.5. The lowest BCUT2D eigenvalue weighted by Crippen LogP contribution is -2.26. The van der Waals surface area contributed by atoms with Crippen LogP contribution in [0.3, 0.4) is 0 Å². The fourth-order valence-corrected chi connectivity index (χ4v) is 3.14. The van der Waals surface area contributed by atoms with E-state index >= 15 is 0 Å². The number of carbonyl (C=O) groups is 1. The van der Waals surface area contributed by atoms with Gasteiger partial charge in [-0.25, -0.2) is 0 Å². The van der Waals surface area contributed by atoms with Gasteiger partial charge in [0.05, 0.1) is 16.4 Å². The molecule has 0 aliphatic carbocycles. The second-order valence-corrected chi connectivity index (χ2v) is 6.47. The summed E-state index contributed by atoms with van der Waals surface area (Å²) in [6.45, 7) is 2.54. The highest BCUT2D eigenvalue weighted by molar-refractivity contribution is 7.16. The summed E-state index contributed by atoms with van der Waals surface area (Å²) in [5, 5.41) is 3.06. The van der Waals surface area contributed by atoms with Gasteiger partial charge in [0.15, 0.2) is 0 Å². The number of nitrogens with one attached hydrogen (secondary N) is 1. The van der Waals surface area contributed by atoms with Crippen LogP contribution < -0.4 is 5.32 Å². The zero-order chi connectivity index (χ0) is 14.7. The number of rotatable bonds is 4. The first-order valence-corrected chi connectivity index (χ1v) is 7.49. The Balaban J connectivity index is 2.20. The van der Waals surface area contributed by atoms with Crippen LogP contribution in [0.15, 0.2) is 30.3 Å².